The smallest absolute Gasteiger partial charge is 0.199 e. The van der Waals surface area contributed by atoms with Crippen LogP contribution in [0.1, 0.15) is 16.8 Å². The van der Waals surface area contributed by atoms with Gasteiger partial charge in [-0.25, -0.2) is 4.68 Å². The molecule has 0 aliphatic carbocycles. The molecule has 0 saturated heterocycles. The van der Waals surface area contributed by atoms with Crippen LogP contribution in [0.5, 0.6) is 0 Å². The van der Waals surface area contributed by atoms with Gasteiger partial charge in [-0.1, -0.05) is 101 Å². The summed E-state index contributed by atoms with van der Waals surface area (Å²) in [6.07, 6.45) is 1.65. The summed E-state index contributed by atoms with van der Waals surface area (Å²) in [6.45, 7) is 0.695. The van der Waals surface area contributed by atoms with E-state index in [4.69, 9.17) is 0 Å². The minimum absolute atomic E-state index is 0.695. The van der Waals surface area contributed by atoms with Crippen molar-refractivity contribution in [3.8, 4) is 17.2 Å². The van der Waals surface area contributed by atoms with Gasteiger partial charge in [-0.2, -0.15) is 0 Å². The van der Waals surface area contributed by atoms with Crippen molar-refractivity contribution in [2.75, 3.05) is 0 Å². The first-order chi connectivity index (χ1) is 17.8. The average Bonchev–Trinajstić information content (AvgIpc) is 3.51. The first-order valence-electron chi connectivity index (χ1n) is 12.0. The van der Waals surface area contributed by atoms with E-state index in [1.54, 1.807) is 0 Å². The number of aryl methyl sites for hydroxylation is 2. The Morgan fingerprint density at radius 3 is 2.03 bits per heavy atom. The molecule has 0 radical (unpaired) electrons. The third kappa shape index (κ3) is 4.36. The average molecular weight is 534 g/mol. The van der Waals surface area contributed by atoms with Crippen LogP contribution in [0.3, 0.4) is 0 Å². The fourth-order valence-electron chi connectivity index (χ4n) is 4.78. The molecule has 0 saturated carbocycles. The minimum Gasteiger partial charge on any atom is -0.309 e. The molecule has 6 aromatic rings. The molecule has 36 heavy (non-hydrogen) atoms. The maximum Gasteiger partial charge on any atom is 0.199 e. The number of aromatic nitrogens is 5. The van der Waals surface area contributed by atoms with Crippen LogP contribution in [0.15, 0.2) is 114 Å². The van der Waals surface area contributed by atoms with Crippen LogP contribution in [-0.2, 0) is 19.4 Å². The quantitative estimate of drug-likeness (QED) is 0.224. The van der Waals surface area contributed by atoms with Gasteiger partial charge in [0.1, 0.15) is 5.69 Å². The highest BCUT2D eigenvalue weighted by atomic mass is 79.9. The lowest BCUT2D eigenvalue weighted by Crippen LogP contribution is -2.09. The molecule has 0 amide bonds. The van der Waals surface area contributed by atoms with Crippen molar-refractivity contribution in [1.29, 1.82) is 0 Å². The Kier molecular flexibility index (Phi) is 6.18. The van der Waals surface area contributed by atoms with E-state index in [9.17, 15) is 0 Å². The molecule has 0 aliphatic heterocycles. The van der Waals surface area contributed by atoms with Gasteiger partial charge in [0.25, 0.3) is 0 Å². The summed E-state index contributed by atoms with van der Waals surface area (Å²) < 4.78 is 5.30. The third-order valence-electron chi connectivity index (χ3n) is 6.48. The van der Waals surface area contributed by atoms with Crippen LogP contribution >= 0.6 is 15.9 Å². The fourth-order valence-corrected chi connectivity index (χ4v) is 5.05. The van der Waals surface area contributed by atoms with E-state index in [1.807, 2.05) is 10.7 Å². The molecule has 0 bridgehead atoms. The van der Waals surface area contributed by atoms with Gasteiger partial charge in [0.05, 0.1) is 0 Å². The first kappa shape index (κ1) is 22.4. The van der Waals surface area contributed by atoms with E-state index >= 15 is 0 Å². The Balaban J connectivity index is 1.54. The van der Waals surface area contributed by atoms with Crippen LogP contribution in [-0.4, -0.2) is 24.8 Å². The monoisotopic (exact) mass is 533 g/mol. The van der Waals surface area contributed by atoms with Gasteiger partial charge in [-0.05, 0) is 52.2 Å². The number of hydrogen-bond donors (Lipinski definition) is 0. The second-order valence-electron chi connectivity index (χ2n) is 8.78. The highest BCUT2D eigenvalue weighted by molar-refractivity contribution is 9.10. The summed E-state index contributed by atoms with van der Waals surface area (Å²) in [6, 6.07) is 38.0. The largest absolute Gasteiger partial charge is 0.309 e. The number of tetrazole rings is 1. The summed E-state index contributed by atoms with van der Waals surface area (Å²) in [7, 11) is 0. The third-order valence-corrected chi connectivity index (χ3v) is 7.01. The Hall–Kier alpha value is -4.03. The molecule has 0 N–H and O–H groups in total. The van der Waals surface area contributed by atoms with E-state index < -0.39 is 0 Å². The van der Waals surface area contributed by atoms with Gasteiger partial charge < -0.3 is 4.57 Å². The van der Waals surface area contributed by atoms with Gasteiger partial charge in [-0.3, -0.25) is 0 Å². The summed E-state index contributed by atoms with van der Waals surface area (Å²) >= 11 is 3.59. The highest BCUT2D eigenvalue weighted by Crippen LogP contribution is 2.37. The van der Waals surface area contributed by atoms with Crippen LogP contribution in [0, 0.1) is 0 Å². The lowest BCUT2D eigenvalue weighted by molar-refractivity contribution is 0.592. The van der Waals surface area contributed by atoms with E-state index in [2.05, 4.69) is 139 Å². The molecule has 6 heteroatoms. The predicted molar refractivity (Wildman–Crippen MR) is 147 cm³/mol. The molecule has 0 atom stereocenters. The normalized spacial score (nSPS) is 11.2. The lowest BCUT2D eigenvalue weighted by Gasteiger charge is -2.14. The van der Waals surface area contributed by atoms with Gasteiger partial charge in [0.2, 0.25) is 0 Å². The van der Waals surface area contributed by atoms with Gasteiger partial charge >= 0.3 is 0 Å². The first-order valence-corrected chi connectivity index (χ1v) is 12.8. The number of benzene rings is 4. The summed E-state index contributed by atoms with van der Waals surface area (Å²) in [5, 5.41) is 15.4. The lowest BCUT2D eigenvalue weighted by atomic mass is 10.1. The van der Waals surface area contributed by atoms with Crippen LogP contribution in [0.25, 0.3) is 28.0 Å². The van der Waals surface area contributed by atoms with Crippen molar-refractivity contribution in [2.24, 2.45) is 0 Å². The van der Waals surface area contributed by atoms with Gasteiger partial charge in [0.15, 0.2) is 5.82 Å². The van der Waals surface area contributed by atoms with Crippen LogP contribution < -0.4 is 0 Å². The molecule has 4 aromatic carbocycles. The SMILES string of the molecule is Brc1ccc(-n2c(Cc3ccccc3)c3ccccc3c2-c2nnnn2CCc2ccccc2)cc1. The number of nitrogens with zero attached hydrogens (tertiary/aromatic N) is 5. The van der Waals surface area contributed by atoms with Gasteiger partial charge in [0, 0.05) is 39.6 Å². The van der Waals surface area contributed by atoms with E-state index in [-0.39, 0.29) is 0 Å². The molecule has 2 heterocycles. The zero-order valence-corrected chi connectivity index (χ0v) is 21.2. The molecule has 176 valence electrons. The molecule has 6 rings (SSSR count). The fraction of sp³-hybridized carbons (Fsp3) is 0.100. The Morgan fingerprint density at radius 1 is 0.667 bits per heavy atom. The van der Waals surface area contributed by atoms with Crippen molar-refractivity contribution in [1.82, 2.24) is 24.8 Å². The minimum atomic E-state index is 0.695. The Labute approximate surface area is 218 Å². The molecule has 5 nitrogen and oxygen atoms in total. The zero-order valence-electron chi connectivity index (χ0n) is 19.6. The molecule has 0 fully saturated rings. The number of hydrogen-bond acceptors (Lipinski definition) is 3. The number of halogens is 1. The number of rotatable bonds is 7. The standard InChI is InChI=1S/C30H24BrN5/c31-24-15-17-25(18-16-24)36-28(21-23-11-5-2-6-12-23)26-13-7-8-14-27(26)29(36)30-32-33-34-35(30)20-19-22-9-3-1-4-10-22/h1-18H,19-21H2. The van der Waals surface area contributed by atoms with E-state index in [0.29, 0.717) is 6.54 Å². The second kappa shape index (κ2) is 9.91. The summed E-state index contributed by atoms with van der Waals surface area (Å²) in [5.74, 6) is 0.768. The number of fused-ring (bicyclic) bond motifs is 1. The molecular formula is C30H24BrN5. The highest BCUT2D eigenvalue weighted by Gasteiger charge is 2.23. The zero-order chi connectivity index (χ0) is 24.3. The molecule has 2 aromatic heterocycles. The second-order valence-corrected chi connectivity index (χ2v) is 9.69. The maximum atomic E-state index is 4.54. The Bertz CT molecular complexity index is 1600. The van der Waals surface area contributed by atoms with Crippen molar-refractivity contribution >= 4 is 26.7 Å². The summed E-state index contributed by atoms with van der Waals surface area (Å²) in [4.78, 5) is 0. The van der Waals surface area contributed by atoms with E-state index in [1.165, 1.54) is 22.2 Å². The van der Waals surface area contributed by atoms with Crippen molar-refractivity contribution in [2.45, 2.75) is 19.4 Å². The van der Waals surface area contributed by atoms with Gasteiger partial charge in [-0.15, -0.1) is 5.10 Å². The van der Waals surface area contributed by atoms with Crippen LogP contribution in [0.4, 0.5) is 0 Å². The molecule has 0 aliphatic rings. The maximum absolute atomic E-state index is 4.54. The van der Waals surface area contributed by atoms with Crippen molar-refractivity contribution in [3.63, 3.8) is 0 Å². The molecular weight excluding hydrogens is 510 g/mol. The van der Waals surface area contributed by atoms with Crippen LogP contribution in [0.2, 0.25) is 0 Å². The van der Waals surface area contributed by atoms with Crippen molar-refractivity contribution < 1.29 is 0 Å². The van der Waals surface area contributed by atoms with E-state index in [0.717, 1.165) is 39.9 Å². The Morgan fingerprint density at radius 2 is 1.31 bits per heavy atom. The molecule has 0 unspecified atom stereocenters. The predicted octanol–water partition coefficient (Wildman–Crippen LogP) is 6.88. The van der Waals surface area contributed by atoms with Crippen molar-refractivity contribution in [3.05, 3.63) is 130 Å². The topological polar surface area (TPSA) is 48.5 Å². The summed E-state index contributed by atoms with van der Waals surface area (Å²) in [5.41, 5.74) is 5.82. The molecule has 0 spiro atoms.